The van der Waals surface area contributed by atoms with Crippen LogP contribution in [-0.4, -0.2) is 44.4 Å². The van der Waals surface area contributed by atoms with E-state index in [1.807, 2.05) is 18.2 Å². The lowest BCUT2D eigenvalue weighted by atomic mass is 9.80. The fraction of sp³-hybridized carbons (Fsp3) is 0.611. The van der Waals surface area contributed by atoms with Gasteiger partial charge >= 0.3 is 0 Å². The Labute approximate surface area is 132 Å². The lowest BCUT2D eigenvalue weighted by Gasteiger charge is -2.40. The number of nitrogens with zero attached hydrogens (tertiary/aromatic N) is 2. The summed E-state index contributed by atoms with van der Waals surface area (Å²) in [6.07, 6.45) is 2.16. The Morgan fingerprint density at radius 1 is 1.23 bits per heavy atom. The Kier molecular flexibility index (Phi) is 4.77. The number of nitriles is 1. The summed E-state index contributed by atoms with van der Waals surface area (Å²) in [6, 6.07) is 10.5. The van der Waals surface area contributed by atoms with Gasteiger partial charge in [0.15, 0.2) is 0 Å². The van der Waals surface area contributed by atoms with Gasteiger partial charge in [0.2, 0.25) is 0 Å². The van der Waals surface area contributed by atoms with Crippen molar-refractivity contribution in [3.05, 3.63) is 35.4 Å². The van der Waals surface area contributed by atoms with Crippen LogP contribution < -0.4 is 0 Å². The molecule has 22 heavy (non-hydrogen) atoms. The summed E-state index contributed by atoms with van der Waals surface area (Å²) in [6.45, 7) is 7.54. The fourth-order valence-electron chi connectivity index (χ4n) is 3.54. The molecule has 118 valence electrons. The highest BCUT2D eigenvalue weighted by atomic mass is 16.5. The van der Waals surface area contributed by atoms with Gasteiger partial charge in [-0.05, 0) is 37.5 Å². The van der Waals surface area contributed by atoms with Crippen LogP contribution in [0.15, 0.2) is 24.3 Å². The third kappa shape index (κ3) is 3.33. The van der Waals surface area contributed by atoms with E-state index in [1.54, 1.807) is 0 Å². The highest BCUT2D eigenvalue weighted by Gasteiger charge is 2.37. The van der Waals surface area contributed by atoms with Crippen LogP contribution in [0.1, 0.15) is 36.9 Å². The highest BCUT2D eigenvalue weighted by molar-refractivity contribution is 5.34. The van der Waals surface area contributed by atoms with Crippen LogP contribution in [0.4, 0.5) is 0 Å². The zero-order chi connectivity index (χ0) is 15.4. The molecule has 1 aromatic carbocycles. The molecule has 2 saturated heterocycles. The van der Waals surface area contributed by atoms with Gasteiger partial charge in [0.25, 0.3) is 0 Å². The summed E-state index contributed by atoms with van der Waals surface area (Å²) >= 11 is 0. The first kappa shape index (κ1) is 15.5. The van der Waals surface area contributed by atoms with Gasteiger partial charge in [-0.2, -0.15) is 5.26 Å². The summed E-state index contributed by atoms with van der Waals surface area (Å²) in [5.74, 6) is 0. The standard InChI is InChI=1S/C18H24N2O2/c1-15(17-4-2-3-16(11-17)12-19)20-7-10-22-14-18(13-20)5-8-21-9-6-18/h2-4,11,15H,5-10,13-14H2,1H3. The van der Waals surface area contributed by atoms with Crippen LogP contribution in [-0.2, 0) is 9.47 Å². The second kappa shape index (κ2) is 6.78. The summed E-state index contributed by atoms with van der Waals surface area (Å²) in [7, 11) is 0. The minimum absolute atomic E-state index is 0.232. The predicted molar refractivity (Wildman–Crippen MR) is 84.5 cm³/mol. The molecule has 4 heteroatoms. The minimum Gasteiger partial charge on any atom is -0.381 e. The molecular weight excluding hydrogens is 276 g/mol. The van der Waals surface area contributed by atoms with Crippen LogP contribution in [0.3, 0.4) is 0 Å². The van der Waals surface area contributed by atoms with Gasteiger partial charge in [0, 0.05) is 37.8 Å². The fourth-order valence-corrected chi connectivity index (χ4v) is 3.54. The molecule has 0 N–H and O–H groups in total. The van der Waals surface area contributed by atoms with Gasteiger partial charge in [0.1, 0.15) is 0 Å². The van der Waals surface area contributed by atoms with Gasteiger partial charge in [-0.1, -0.05) is 12.1 Å². The van der Waals surface area contributed by atoms with Gasteiger partial charge in [-0.25, -0.2) is 0 Å². The van der Waals surface area contributed by atoms with Crippen LogP contribution >= 0.6 is 0 Å². The van der Waals surface area contributed by atoms with Crippen molar-refractivity contribution in [3.8, 4) is 6.07 Å². The molecule has 0 aromatic heterocycles. The summed E-state index contributed by atoms with van der Waals surface area (Å²) in [5, 5.41) is 9.10. The first-order valence-corrected chi connectivity index (χ1v) is 8.12. The Balaban J connectivity index is 1.78. The topological polar surface area (TPSA) is 45.5 Å². The van der Waals surface area contributed by atoms with E-state index in [0.717, 1.165) is 57.9 Å². The SMILES string of the molecule is CC(c1cccc(C#N)c1)N1CCOCC2(CCOCC2)C1. The molecule has 2 heterocycles. The second-order valence-electron chi connectivity index (χ2n) is 6.55. The second-order valence-corrected chi connectivity index (χ2v) is 6.55. The smallest absolute Gasteiger partial charge is 0.0991 e. The van der Waals surface area contributed by atoms with Crippen molar-refractivity contribution < 1.29 is 9.47 Å². The van der Waals surface area contributed by atoms with Gasteiger partial charge in [-0.3, -0.25) is 4.90 Å². The maximum Gasteiger partial charge on any atom is 0.0991 e. The Morgan fingerprint density at radius 2 is 2.05 bits per heavy atom. The highest BCUT2D eigenvalue weighted by Crippen LogP contribution is 2.36. The first-order valence-electron chi connectivity index (χ1n) is 8.12. The minimum atomic E-state index is 0.232. The molecule has 0 bridgehead atoms. The largest absolute Gasteiger partial charge is 0.381 e. The van der Waals surface area contributed by atoms with E-state index in [0.29, 0.717) is 6.04 Å². The van der Waals surface area contributed by atoms with E-state index in [4.69, 9.17) is 14.7 Å². The molecule has 4 nitrogen and oxygen atoms in total. The van der Waals surface area contributed by atoms with Crippen molar-refractivity contribution in [2.24, 2.45) is 5.41 Å². The number of hydrogen-bond donors (Lipinski definition) is 0. The predicted octanol–water partition coefficient (Wildman–Crippen LogP) is 2.75. The van der Waals surface area contributed by atoms with Gasteiger partial charge < -0.3 is 9.47 Å². The van der Waals surface area contributed by atoms with Crippen LogP contribution in [0.25, 0.3) is 0 Å². The molecule has 0 radical (unpaired) electrons. The van der Waals surface area contributed by atoms with Crippen molar-refractivity contribution in [2.45, 2.75) is 25.8 Å². The molecule has 2 fully saturated rings. The molecule has 2 aliphatic rings. The zero-order valence-corrected chi connectivity index (χ0v) is 13.3. The quantitative estimate of drug-likeness (QED) is 0.842. The van der Waals surface area contributed by atoms with E-state index in [1.165, 1.54) is 5.56 Å². The van der Waals surface area contributed by atoms with Crippen molar-refractivity contribution >= 4 is 0 Å². The monoisotopic (exact) mass is 300 g/mol. The molecule has 1 aromatic rings. The van der Waals surface area contributed by atoms with Crippen molar-refractivity contribution in [2.75, 3.05) is 39.5 Å². The maximum absolute atomic E-state index is 9.10. The normalized spacial score (nSPS) is 23.6. The average molecular weight is 300 g/mol. The van der Waals surface area contributed by atoms with E-state index in [2.05, 4.69) is 24.0 Å². The third-order valence-electron chi connectivity index (χ3n) is 5.07. The van der Waals surface area contributed by atoms with E-state index in [9.17, 15) is 0 Å². The molecule has 1 spiro atoms. The lowest BCUT2D eigenvalue weighted by molar-refractivity contribution is -0.0337. The van der Waals surface area contributed by atoms with E-state index >= 15 is 0 Å². The molecule has 0 amide bonds. The van der Waals surface area contributed by atoms with Crippen LogP contribution in [0.2, 0.25) is 0 Å². The first-order chi connectivity index (χ1) is 10.7. The summed E-state index contributed by atoms with van der Waals surface area (Å²) in [4.78, 5) is 2.51. The lowest BCUT2D eigenvalue weighted by Crippen LogP contribution is -2.43. The van der Waals surface area contributed by atoms with Crippen LogP contribution in [0.5, 0.6) is 0 Å². The molecule has 0 saturated carbocycles. The van der Waals surface area contributed by atoms with E-state index in [-0.39, 0.29) is 5.41 Å². The van der Waals surface area contributed by atoms with Crippen molar-refractivity contribution in [3.63, 3.8) is 0 Å². The molecule has 2 aliphatic heterocycles. The summed E-state index contributed by atoms with van der Waals surface area (Å²) < 4.78 is 11.4. The molecule has 0 aliphatic carbocycles. The van der Waals surface area contributed by atoms with E-state index < -0.39 is 0 Å². The maximum atomic E-state index is 9.10. The Morgan fingerprint density at radius 3 is 2.82 bits per heavy atom. The van der Waals surface area contributed by atoms with Crippen LogP contribution in [0, 0.1) is 16.7 Å². The molecule has 1 unspecified atom stereocenters. The van der Waals surface area contributed by atoms with Gasteiger partial charge in [-0.15, -0.1) is 0 Å². The third-order valence-corrected chi connectivity index (χ3v) is 5.07. The van der Waals surface area contributed by atoms with Crippen molar-refractivity contribution in [1.82, 2.24) is 4.90 Å². The zero-order valence-electron chi connectivity index (χ0n) is 13.3. The average Bonchev–Trinajstić information content (AvgIpc) is 2.77. The number of ether oxygens (including phenoxy) is 2. The Bertz CT molecular complexity index is 546. The molecular formula is C18H24N2O2. The number of benzene rings is 1. The molecule has 3 rings (SSSR count). The number of rotatable bonds is 2. The summed E-state index contributed by atoms with van der Waals surface area (Å²) in [5.41, 5.74) is 2.18. The van der Waals surface area contributed by atoms with Gasteiger partial charge in [0.05, 0.1) is 24.8 Å². The number of hydrogen-bond acceptors (Lipinski definition) is 4. The van der Waals surface area contributed by atoms with Crippen molar-refractivity contribution in [1.29, 1.82) is 5.26 Å². The molecule has 1 atom stereocenters. The Hall–Kier alpha value is -1.41.